The number of rotatable bonds is 6. The van der Waals surface area contributed by atoms with E-state index in [-0.39, 0.29) is 12.2 Å². The molecule has 0 N–H and O–H groups in total. The van der Waals surface area contributed by atoms with Gasteiger partial charge in [-0.05, 0) is 41.5 Å². The molecule has 0 radical (unpaired) electrons. The Morgan fingerprint density at radius 2 is 1.66 bits per heavy atom. The van der Waals surface area contributed by atoms with Gasteiger partial charge in [-0.25, -0.2) is 9.59 Å². The van der Waals surface area contributed by atoms with Crippen LogP contribution in [0, 0.1) is 0 Å². The lowest BCUT2D eigenvalue weighted by Crippen LogP contribution is -2.41. The van der Waals surface area contributed by atoms with E-state index in [0.29, 0.717) is 17.1 Å². The molecule has 0 saturated carbocycles. The van der Waals surface area contributed by atoms with Crippen molar-refractivity contribution < 1.29 is 33.3 Å². The maximum atomic E-state index is 12.1. The molecule has 0 bridgehead atoms. The van der Waals surface area contributed by atoms with Crippen LogP contribution in [-0.2, 0) is 25.7 Å². The van der Waals surface area contributed by atoms with Gasteiger partial charge in [-0.15, -0.1) is 0 Å². The molecule has 7 heteroatoms. The summed E-state index contributed by atoms with van der Waals surface area (Å²) in [6.07, 6.45) is 1.40. The number of cyclic esters (lactones) is 2. The molecule has 1 fully saturated rings. The van der Waals surface area contributed by atoms with Crippen molar-refractivity contribution in [2.75, 3.05) is 14.2 Å². The predicted molar refractivity (Wildman–Crippen MR) is 105 cm³/mol. The Kier molecular flexibility index (Phi) is 5.77. The summed E-state index contributed by atoms with van der Waals surface area (Å²) in [7, 11) is 3.13. The van der Waals surface area contributed by atoms with Crippen LogP contribution in [0.2, 0.25) is 0 Å². The van der Waals surface area contributed by atoms with Gasteiger partial charge in [0.2, 0.25) is 0 Å². The van der Waals surface area contributed by atoms with E-state index in [2.05, 4.69) is 0 Å². The minimum atomic E-state index is -1.28. The summed E-state index contributed by atoms with van der Waals surface area (Å²) in [5.41, 5.74) is 1.29. The van der Waals surface area contributed by atoms with Gasteiger partial charge in [0.25, 0.3) is 5.79 Å². The average molecular weight is 398 g/mol. The van der Waals surface area contributed by atoms with E-state index in [9.17, 15) is 9.59 Å². The van der Waals surface area contributed by atoms with Gasteiger partial charge in [0.05, 0.1) is 14.2 Å². The monoisotopic (exact) mass is 398 g/mol. The molecular weight excluding hydrogens is 376 g/mol. The van der Waals surface area contributed by atoms with Crippen molar-refractivity contribution in [1.82, 2.24) is 0 Å². The second-order valence-corrected chi connectivity index (χ2v) is 6.79. The fraction of sp³-hybridized carbons (Fsp3) is 0.273. The van der Waals surface area contributed by atoms with Gasteiger partial charge in [-0.2, -0.15) is 0 Å². The molecule has 2 aromatic rings. The third-order valence-corrected chi connectivity index (χ3v) is 4.14. The van der Waals surface area contributed by atoms with E-state index in [1.54, 1.807) is 25.3 Å². The van der Waals surface area contributed by atoms with Crippen molar-refractivity contribution in [3.63, 3.8) is 0 Å². The van der Waals surface area contributed by atoms with Gasteiger partial charge in [0.1, 0.15) is 17.9 Å². The van der Waals surface area contributed by atoms with Crippen LogP contribution >= 0.6 is 0 Å². The fourth-order valence-electron chi connectivity index (χ4n) is 2.76. The molecule has 1 aliphatic heterocycles. The first-order valence-electron chi connectivity index (χ1n) is 8.93. The second kappa shape index (κ2) is 8.26. The molecule has 152 valence electrons. The summed E-state index contributed by atoms with van der Waals surface area (Å²) >= 11 is 0. The molecule has 0 amide bonds. The lowest BCUT2D eigenvalue weighted by molar-refractivity contribution is -0.222. The normalized spacial score (nSPS) is 15.2. The molecule has 3 rings (SSSR count). The summed E-state index contributed by atoms with van der Waals surface area (Å²) in [5.74, 6) is -1.04. The standard InChI is InChI=1S/C22H22O7/c1-22(2)28-20(23)17(21(24)29-22)11-14-8-9-18(26-4)19(12-14)27-13-15-6-5-7-16(10-15)25-3/h5-12H,13H2,1-4H3. The fourth-order valence-corrected chi connectivity index (χ4v) is 2.76. The van der Waals surface area contributed by atoms with Crippen LogP contribution < -0.4 is 14.2 Å². The van der Waals surface area contributed by atoms with E-state index in [4.69, 9.17) is 23.7 Å². The molecule has 0 atom stereocenters. The molecule has 2 aromatic carbocycles. The molecule has 29 heavy (non-hydrogen) atoms. The van der Waals surface area contributed by atoms with Crippen LogP contribution in [-0.4, -0.2) is 31.9 Å². The van der Waals surface area contributed by atoms with Crippen molar-refractivity contribution in [3.8, 4) is 17.2 Å². The van der Waals surface area contributed by atoms with E-state index in [0.717, 1.165) is 11.3 Å². The average Bonchev–Trinajstić information content (AvgIpc) is 2.68. The van der Waals surface area contributed by atoms with Crippen LogP contribution in [0.4, 0.5) is 0 Å². The molecule has 0 aliphatic carbocycles. The zero-order valence-electron chi connectivity index (χ0n) is 16.7. The van der Waals surface area contributed by atoms with E-state index in [1.807, 2.05) is 24.3 Å². The lowest BCUT2D eigenvalue weighted by Gasteiger charge is -2.29. The molecule has 7 nitrogen and oxygen atoms in total. The number of hydrogen-bond acceptors (Lipinski definition) is 7. The molecule has 0 aromatic heterocycles. The highest BCUT2D eigenvalue weighted by atomic mass is 16.7. The second-order valence-electron chi connectivity index (χ2n) is 6.79. The molecule has 1 saturated heterocycles. The molecule has 1 aliphatic rings. The number of esters is 2. The minimum absolute atomic E-state index is 0.187. The number of ether oxygens (including phenoxy) is 5. The number of carbonyl (C=O) groups excluding carboxylic acids is 2. The van der Waals surface area contributed by atoms with Crippen LogP contribution in [0.3, 0.4) is 0 Å². The van der Waals surface area contributed by atoms with E-state index < -0.39 is 17.7 Å². The SMILES string of the molecule is COc1cccc(COc2cc(C=C3C(=O)OC(C)(C)OC3=O)ccc2OC)c1. The van der Waals surface area contributed by atoms with E-state index >= 15 is 0 Å². The third kappa shape index (κ3) is 4.87. The summed E-state index contributed by atoms with van der Waals surface area (Å²) in [6, 6.07) is 12.6. The first-order chi connectivity index (χ1) is 13.8. The maximum absolute atomic E-state index is 12.1. The highest BCUT2D eigenvalue weighted by molar-refractivity contribution is 6.18. The Labute approximate surface area is 168 Å². The van der Waals surface area contributed by atoms with Crippen molar-refractivity contribution >= 4 is 18.0 Å². The highest BCUT2D eigenvalue weighted by Crippen LogP contribution is 2.31. The van der Waals surface area contributed by atoms with Gasteiger partial charge >= 0.3 is 11.9 Å². The molecular formula is C22H22O7. The van der Waals surface area contributed by atoms with Crippen molar-refractivity contribution in [3.05, 3.63) is 59.2 Å². The topological polar surface area (TPSA) is 80.3 Å². The van der Waals surface area contributed by atoms with E-state index in [1.165, 1.54) is 27.0 Å². The summed E-state index contributed by atoms with van der Waals surface area (Å²) in [4.78, 5) is 24.3. The Balaban J connectivity index is 1.83. The van der Waals surface area contributed by atoms with Gasteiger partial charge < -0.3 is 23.7 Å². The third-order valence-electron chi connectivity index (χ3n) is 4.14. The Bertz CT molecular complexity index is 937. The van der Waals surface area contributed by atoms with Crippen LogP contribution in [0.1, 0.15) is 25.0 Å². The summed E-state index contributed by atoms with van der Waals surface area (Å²) in [5, 5.41) is 0. The Morgan fingerprint density at radius 3 is 2.31 bits per heavy atom. The maximum Gasteiger partial charge on any atom is 0.348 e. The Morgan fingerprint density at radius 1 is 0.931 bits per heavy atom. The van der Waals surface area contributed by atoms with Crippen molar-refractivity contribution in [2.45, 2.75) is 26.2 Å². The van der Waals surface area contributed by atoms with Crippen molar-refractivity contribution in [1.29, 1.82) is 0 Å². The minimum Gasteiger partial charge on any atom is -0.497 e. The van der Waals surface area contributed by atoms with Crippen LogP contribution in [0.5, 0.6) is 17.2 Å². The van der Waals surface area contributed by atoms with Gasteiger partial charge in [0, 0.05) is 13.8 Å². The van der Waals surface area contributed by atoms with Crippen LogP contribution in [0.15, 0.2) is 48.0 Å². The molecule has 0 unspecified atom stereocenters. The van der Waals surface area contributed by atoms with Crippen LogP contribution in [0.25, 0.3) is 6.08 Å². The van der Waals surface area contributed by atoms with Crippen molar-refractivity contribution in [2.24, 2.45) is 0 Å². The number of carbonyl (C=O) groups is 2. The molecule has 0 spiro atoms. The largest absolute Gasteiger partial charge is 0.497 e. The first kappa shape index (κ1) is 20.3. The highest BCUT2D eigenvalue weighted by Gasteiger charge is 2.38. The first-order valence-corrected chi connectivity index (χ1v) is 8.93. The summed E-state index contributed by atoms with van der Waals surface area (Å²) in [6.45, 7) is 3.28. The zero-order chi connectivity index (χ0) is 21.0. The Hall–Kier alpha value is -3.48. The molecule has 1 heterocycles. The number of hydrogen-bond donors (Lipinski definition) is 0. The van der Waals surface area contributed by atoms with Gasteiger partial charge in [0.15, 0.2) is 11.5 Å². The van der Waals surface area contributed by atoms with Gasteiger partial charge in [-0.3, -0.25) is 0 Å². The van der Waals surface area contributed by atoms with Gasteiger partial charge in [-0.1, -0.05) is 18.2 Å². The summed E-state index contributed by atoms with van der Waals surface area (Å²) < 4.78 is 26.7. The number of methoxy groups -OCH3 is 2. The smallest absolute Gasteiger partial charge is 0.348 e. The lowest BCUT2D eigenvalue weighted by atomic mass is 10.1. The zero-order valence-corrected chi connectivity index (χ0v) is 16.7. The number of benzene rings is 2. The quantitative estimate of drug-likeness (QED) is 0.418. The predicted octanol–water partition coefficient (Wildman–Crippen LogP) is 3.50.